The molecule has 2 amide bonds. The molecule has 2 fully saturated rings. The van der Waals surface area contributed by atoms with Gasteiger partial charge in [0.15, 0.2) is 0 Å². The van der Waals surface area contributed by atoms with Crippen LogP contribution in [0, 0.1) is 11.8 Å². The minimum atomic E-state index is -0.763. The van der Waals surface area contributed by atoms with E-state index in [9.17, 15) is 14.4 Å². The first-order valence-corrected chi connectivity index (χ1v) is 10.5. The summed E-state index contributed by atoms with van der Waals surface area (Å²) >= 11 is 0. The molecule has 7 heteroatoms. The van der Waals surface area contributed by atoms with Crippen molar-refractivity contribution >= 4 is 17.8 Å². The Bertz CT molecular complexity index is 577. The number of carboxylic acids is 1. The number of unbranched alkanes of at least 4 members (excludes halogenated alkanes) is 2. The number of allylic oxidation sites excluding steroid dienone is 2. The molecule has 0 aliphatic carbocycles. The lowest BCUT2D eigenvalue weighted by Crippen LogP contribution is -2.45. The van der Waals surface area contributed by atoms with Gasteiger partial charge in [-0.2, -0.15) is 0 Å². The Hall–Kier alpha value is -1.89. The number of likely N-dealkylation sites (N-methyl/N-ethyl adjacent to an activating group) is 1. The van der Waals surface area contributed by atoms with Crippen LogP contribution in [0.4, 0.5) is 0 Å². The summed E-state index contributed by atoms with van der Waals surface area (Å²) < 4.78 is 6.04. The lowest BCUT2D eigenvalue weighted by molar-refractivity contribution is -0.145. The van der Waals surface area contributed by atoms with Crippen LogP contribution in [-0.4, -0.2) is 60.1 Å². The second-order valence-electron chi connectivity index (χ2n) is 7.90. The van der Waals surface area contributed by atoms with Crippen LogP contribution >= 0.6 is 0 Å². The van der Waals surface area contributed by atoms with E-state index < -0.39 is 17.8 Å². The van der Waals surface area contributed by atoms with Crippen LogP contribution in [0.25, 0.3) is 0 Å². The average molecular weight is 395 g/mol. The van der Waals surface area contributed by atoms with Crippen molar-refractivity contribution in [3.8, 4) is 0 Å². The van der Waals surface area contributed by atoms with Crippen molar-refractivity contribution in [1.29, 1.82) is 0 Å². The summed E-state index contributed by atoms with van der Waals surface area (Å²) in [5, 5.41) is 11.5. The number of nitrogens with one attached hydrogen (secondary N) is 1. The van der Waals surface area contributed by atoms with E-state index in [1.165, 1.54) is 4.90 Å². The zero-order valence-corrected chi connectivity index (χ0v) is 17.1. The minimum Gasteiger partial charge on any atom is -0.481 e. The molecular weight excluding hydrogens is 360 g/mol. The van der Waals surface area contributed by atoms with E-state index in [1.54, 1.807) is 7.05 Å². The third-order valence-electron chi connectivity index (χ3n) is 5.81. The van der Waals surface area contributed by atoms with Crippen LogP contribution in [0.2, 0.25) is 0 Å². The quantitative estimate of drug-likeness (QED) is 0.319. The van der Waals surface area contributed by atoms with Gasteiger partial charge in [0.05, 0.1) is 12.2 Å². The van der Waals surface area contributed by atoms with E-state index in [-0.39, 0.29) is 24.5 Å². The summed E-state index contributed by atoms with van der Waals surface area (Å²) in [5.74, 6) is -1.22. The third kappa shape index (κ3) is 6.33. The number of amides is 2. The minimum absolute atomic E-state index is 0.156. The summed E-state index contributed by atoms with van der Waals surface area (Å²) in [6, 6.07) is 0. The first-order chi connectivity index (χ1) is 13.4. The van der Waals surface area contributed by atoms with Crippen molar-refractivity contribution in [3.63, 3.8) is 0 Å². The van der Waals surface area contributed by atoms with Gasteiger partial charge in [-0.15, -0.1) is 0 Å². The van der Waals surface area contributed by atoms with Gasteiger partial charge in [0.2, 0.25) is 0 Å². The van der Waals surface area contributed by atoms with Gasteiger partial charge in [-0.1, -0.05) is 25.5 Å². The van der Waals surface area contributed by atoms with E-state index in [0.29, 0.717) is 25.4 Å². The fourth-order valence-electron chi connectivity index (χ4n) is 4.18. The van der Waals surface area contributed by atoms with Crippen LogP contribution in [-0.2, 0) is 19.1 Å². The average Bonchev–Trinajstić information content (AvgIpc) is 3.27. The molecule has 2 N–H and O–H groups in total. The van der Waals surface area contributed by atoms with Crippen molar-refractivity contribution in [2.24, 2.45) is 11.8 Å². The van der Waals surface area contributed by atoms with Crippen molar-refractivity contribution < 1.29 is 24.2 Å². The Balaban J connectivity index is 1.79. The number of carbonyl (C=O) groups is 3. The highest BCUT2D eigenvalue weighted by atomic mass is 16.5. The van der Waals surface area contributed by atoms with Gasteiger partial charge in [-0.3, -0.25) is 14.4 Å². The fraction of sp³-hybridized carbons (Fsp3) is 0.762. The van der Waals surface area contributed by atoms with Gasteiger partial charge in [0, 0.05) is 32.5 Å². The molecule has 2 bridgehead atoms. The molecule has 0 aromatic carbocycles. The summed E-state index contributed by atoms with van der Waals surface area (Å²) in [7, 11) is 1.66. The number of aliphatic carboxylic acids is 1. The number of fused-ring (bicyclic) bond motifs is 2. The molecule has 28 heavy (non-hydrogen) atoms. The van der Waals surface area contributed by atoms with Crippen molar-refractivity contribution in [2.45, 2.75) is 70.5 Å². The summed E-state index contributed by atoms with van der Waals surface area (Å²) in [4.78, 5) is 36.4. The van der Waals surface area contributed by atoms with E-state index >= 15 is 0 Å². The molecular formula is C21H34N2O5. The highest BCUT2D eigenvalue weighted by Crippen LogP contribution is 2.44. The first kappa shape index (κ1) is 22.4. The predicted molar refractivity (Wildman–Crippen MR) is 106 cm³/mol. The largest absolute Gasteiger partial charge is 0.481 e. The van der Waals surface area contributed by atoms with E-state index in [1.807, 2.05) is 13.0 Å². The number of carboxylic acid groups (broad SMARTS) is 1. The Morgan fingerprint density at radius 2 is 1.86 bits per heavy atom. The van der Waals surface area contributed by atoms with Gasteiger partial charge in [-0.25, -0.2) is 0 Å². The molecule has 2 aliphatic rings. The molecule has 7 nitrogen and oxygen atoms in total. The van der Waals surface area contributed by atoms with Crippen molar-refractivity contribution in [2.75, 3.05) is 20.1 Å². The molecule has 0 radical (unpaired) electrons. The summed E-state index contributed by atoms with van der Waals surface area (Å²) in [5.41, 5.74) is 0. The van der Waals surface area contributed by atoms with Gasteiger partial charge in [-0.05, 0) is 44.4 Å². The summed E-state index contributed by atoms with van der Waals surface area (Å²) in [6.07, 6.45) is 10.9. The molecule has 158 valence electrons. The van der Waals surface area contributed by atoms with E-state index in [4.69, 9.17) is 9.84 Å². The monoisotopic (exact) mass is 394 g/mol. The van der Waals surface area contributed by atoms with Crippen molar-refractivity contribution in [1.82, 2.24) is 10.2 Å². The van der Waals surface area contributed by atoms with Crippen LogP contribution in [0.15, 0.2) is 12.2 Å². The molecule has 2 heterocycles. The molecule has 2 rings (SSSR count). The lowest BCUT2D eigenvalue weighted by atomic mass is 9.77. The molecule has 4 atom stereocenters. The Morgan fingerprint density at radius 1 is 1.14 bits per heavy atom. The van der Waals surface area contributed by atoms with E-state index in [0.717, 1.165) is 38.5 Å². The molecule has 0 aromatic heterocycles. The molecule has 0 spiro atoms. The standard InChI is InChI=1S/C21H34N2O5/c1-3-4-13-23(2)21(27)20(26)22-14-16-15(17-11-12-18(16)28-17)9-7-5-6-8-10-19(24)25/h5,7,15-18H,3-4,6,8-14H2,1-2H3,(H,22,26)(H,24,25)/t15-,16-,17-,18+/m1/s1. The van der Waals surface area contributed by atoms with Crippen LogP contribution in [0.5, 0.6) is 0 Å². The van der Waals surface area contributed by atoms with Crippen LogP contribution in [0.3, 0.4) is 0 Å². The fourth-order valence-corrected chi connectivity index (χ4v) is 4.18. The highest BCUT2D eigenvalue weighted by Gasteiger charge is 2.48. The number of rotatable bonds is 11. The van der Waals surface area contributed by atoms with Gasteiger partial charge in [0.25, 0.3) is 0 Å². The number of hydrogen-bond donors (Lipinski definition) is 2. The second-order valence-corrected chi connectivity index (χ2v) is 7.90. The van der Waals surface area contributed by atoms with Gasteiger partial charge < -0.3 is 20.1 Å². The van der Waals surface area contributed by atoms with E-state index in [2.05, 4.69) is 11.4 Å². The van der Waals surface area contributed by atoms with Crippen molar-refractivity contribution in [3.05, 3.63) is 12.2 Å². The molecule has 2 saturated heterocycles. The maximum Gasteiger partial charge on any atom is 0.311 e. The molecule has 0 saturated carbocycles. The second kappa shape index (κ2) is 11.2. The van der Waals surface area contributed by atoms with Crippen LogP contribution < -0.4 is 5.32 Å². The third-order valence-corrected chi connectivity index (χ3v) is 5.81. The normalized spacial score (nSPS) is 25.9. The Labute approximate surface area is 167 Å². The molecule has 2 aliphatic heterocycles. The van der Waals surface area contributed by atoms with Crippen LogP contribution in [0.1, 0.15) is 58.3 Å². The SMILES string of the molecule is CCCCN(C)C(=O)C(=O)NC[C@@H]1[C@@H](CC=CCCCC(=O)O)[C@H]2CC[C@@H]1O2. The number of ether oxygens (including phenoxy) is 1. The first-order valence-electron chi connectivity index (χ1n) is 10.5. The number of hydrogen-bond acceptors (Lipinski definition) is 4. The topological polar surface area (TPSA) is 95.9 Å². The molecule has 0 aromatic rings. The lowest BCUT2D eigenvalue weighted by Gasteiger charge is -2.27. The summed E-state index contributed by atoms with van der Waals surface area (Å²) in [6.45, 7) is 3.11. The van der Waals surface area contributed by atoms with Gasteiger partial charge >= 0.3 is 17.8 Å². The zero-order chi connectivity index (χ0) is 20.5. The molecule has 0 unspecified atom stereocenters. The Kier molecular flexibility index (Phi) is 8.96. The Morgan fingerprint density at radius 3 is 2.54 bits per heavy atom. The zero-order valence-electron chi connectivity index (χ0n) is 17.1. The maximum atomic E-state index is 12.2. The number of nitrogens with zero attached hydrogens (tertiary/aromatic N) is 1. The smallest absolute Gasteiger partial charge is 0.311 e. The number of carbonyl (C=O) groups excluding carboxylic acids is 2. The maximum absolute atomic E-state index is 12.2. The predicted octanol–water partition coefficient (Wildman–Crippen LogP) is 2.36. The van der Waals surface area contributed by atoms with Gasteiger partial charge in [0.1, 0.15) is 0 Å². The highest BCUT2D eigenvalue weighted by molar-refractivity contribution is 6.34.